The van der Waals surface area contributed by atoms with Crippen molar-refractivity contribution in [2.45, 2.75) is 33.7 Å². The number of hydrogen-bond acceptors (Lipinski definition) is 4. The summed E-state index contributed by atoms with van der Waals surface area (Å²) in [6.45, 7) is 7.88. The zero-order valence-electron chi connectivity index (χ0n) is 9.55. The lowest BCUT2D eigenvalue weighted by Gasteiger charge is -2.14. The highest BCUT2D eigenvalue weighted by Crippen LogP contribution is 2.10. The van der Waals surface area contributed by atoms with Crippen LogP contribution in [0.25, 0.3) is 0 Å². The van der Waals surface area contributed by atoms with Gasteiger partial charge >= 0.3 is 0 Å². The highest BCUT2D eigenvalue weighted by atomic mass is 16.6. The summed E-state index contributed by atoms with van der Waals surface area (Å²) in [5.74, 6) is 0.629. The number of hydrogen-bond donors (Lipinski definition) is 2. The molecule has 0 aliphatic carbocycles. The van der Waals surface area contributed by atoms with Gasteiger partial charge in [0.25, 0.3) is 5.56 Å². The topological polar surface area (TPSA) is 67.0 Å². The number of aryl methyl sites for hydroxylation is 2. The van der Waals surface area contributed by atoms with Crippen LogP contribution in [0.5, 0.6) is 0 Å². The normalized spacial score (nSPS) is 12.8. The maximum Gasteiger partial charge on any atom is 0.255 e. The van der Waals surface area contributed by atoms with Crippen LogP contribution in [0.2, 0.25) is 0 Å². The molecule has 0 bridgehead atoms. The minimum absolute atomic E-state index is 0.111. The lowest BCUT2D eigenvalue weighted by Crippen LogP contribution is -2.28. The van der Waals surface area contributed by atoms with Crippen LogP contribution in [-0.2, 0) is 4.84 Å². The Morgan fingerprint density at radius 2 is 2.20 bits per heavy atom. The first-order chi connectivity index (χ1) is 7.06. The third-order valence-electron chi connectivity index (χ3n) is 2.10. The Balaban J connectivity index is 2.98. The second-order valence-corrected chi connectivity index (χ2v) is 3.42. The fourth-order valence-corrected chi connectivity index (χ4v) is 1.51. The van der Waals surface area contributed by atoms with Crippen molar-refractivity contribution in [3.8, 4) is 0 Å². The maximum absolute atomic E-state index is 11.7. The molecule has 0 fully saturated rings. The Labute approximate surface area is 88.8 Å². The predicted molar refractivity (Wildman–Crippen MR) is 57.5 cm³/mol. The summed E-state index contributed by atoms with van der Waals surface area (Å²) < 4.78 is 0. The van der Waals surface area contributed by atoms with E-state index in [9.17, 15) is 4.79 Å². The van der Waals surface area contributed by atoms with Crippen molar-refractivity contribution >= 4 is 0 Å². The molecule has 0 saturated carbocycles. The van der Waals surface area contributed by atoms with E-state index < -0.39 is 0 Å². The van der Waals surface area contributed by atoms with E-state index in [4.69, 9.17) is 4.84 Å². The van der Waals surface area contributed by atoms with Gasteiger partial charge in [0.2, 0.25) is 0 Å². The summed E-state index contributed by atoms with van der Waals surface area (Å²) in [5.41, 5.74) is 4.03. The average molecular weight is 211 g/mol. The zero-order chi connectivity index (χ0) is 11.4. The number of hydroxylamine groups is 1. The Kier molecular flexibility index (Phi) is 3.99. The standard InChI is InChI=1S/C10H17N3O2/c1-5-15-13-7(3)9-6(2)11-8(4)12-10(9)14/h7,13H,5H2,1-4H3,(H,11,12,14). The summed E-state index contributed by atoms with van der Waals surface area (Å²) in [4.78, 5) is 23.6. The van der Waals surface area contributed by atoms with E-state index in [2.05, 4.69) is 15.4 Å². The monoisotopic (exact) mass is 211 g/mol. The summed E-state index contributed by atoms with van der Waals surface area (Å²) in [6.07, 6.45) is 0. The quantitative estimate of drug-likeness (QED) is 0.729. The van der Waals surface area contributed by atoms with Crippen molar-refractivity contribution < 1.29 is 4.84 Å². The van der Waals surface area contributed by atoms with Crippen molar-refractivity contribution in [2.24, 2.45) is 0 Å². The average Bonchev–Trinajstić information content (AvgIpc) is 2.12. The number of aromatic amines is 1. The number of aromatic nitrogens is 2. The first-order valence-corrected chi connectivity index (χ1v) is 5.01. The third-order valence-corrected chi connectivity index (χ3v) is 2.10. The molecule has 0 radical (unpaired) electrons. The zero-order valence-corrected chi connectivity index (χ0v) is 9.55. The molecule has 1 aromatic heterocycles. The van der Waals surface area contributed by atoms with Crippen molar-refractivity contribution in [3.63, 3.8) is 0 Å². The van der Waals surface area contributed by atoms with Crippen LogP contribution in [0.15, 0.2) is 4.79 Å². The molecule has 1 unspecified atom stereocenters. The van der Waals surface area contributed by atoms with Crippen LogP contribution < -0.4 is 11.0 Å². The van der Waals surface area contributed by atoms with Gasteiger partial charge in [-0.05, 0) is 27.7 Å². The number of nitrogens with one attached hydrogen (secondary N) is 2. The molecule has 1 atom stereocenters. The van der Waals surface area contributed by atoms with E-state index in [0.29, 0.717) is 18.0 Å². The largest absolute Gasteiger partial charge is 0.310 e. The van der Waals surface area contributed by atoms with Crippen LogP contribution in [0.3, 0.4) is 0 Å². The first kappa shape index (κ1) is 11.9. The van der Waals surface area contributed by atoms with Gasteiger partial charge < -0.3 is 9.82 Å². The molecule has 0 aliphatic rings. The summed E-state index contributed by atoms with van der Waals surface area (Å²) >= 11 is 0. The highest BCUT2D eigenvalue weighted by Gasteiger charge is 2.13. The Morgan fingerprint density at radius 1 is 1.53 bits per heavy atom. The molecule has 15 heavy (non-hydrogen) atoms. The molecule has 0 amide bonds. The van der Waals surface area contributed by atoms with Gasteiger partial charge in [0.15, 0.2) is 0 Å². The molecule has 1 aromatic rings. The first-order valence-electron chi connectivity index (χ1n) is 5.01. The number of H-pyrrole nitrogens is 1. The van der Waals surface area contributed by atoms with Crippen molar-refractivity contribution in [3.05, 3.63) is 27.4 Å². The van der Waals surface area contributed by atoms with Crippen LogP contribution in [-0.4, -0.2) is 16.6 Å². The SMILES string of the molecule is CCONC(C)c1c(C)nc(C)[nH]c1=O. The minimum Gasteiger partial charge on any atom is -0.310 e. The predicted octanol–water partition coefficient (Wildman–Crippen LogP) is 0.989. The molecule has 2 N–H and O–H groups in total. The van der Waals surface area contributed by atoms with E-state index in [0.717, 1.165) is 5.69 Å². The molecule has 0 aliphatic heterocycles. The molecule has 5 nitrogen and oxygen atoms in total. The molecule has 0 saturated heterocycles. The molecule has 1 heterocycles. The molecule has 0 spiro atoms. The smallest absolute Gasteiger partial charge is 0.255 e. The van der Waals surface area contributed by atoms with Gasteiger partial charge in [-0.2, -0.15) is 5.48 Å². The lowest BCUT2D eigenvalue weighted by atomic mass is 10.1. The molecule has 84 valence electrons. The molecular weight excluding hydrogens is 194 g/mol. The van der Waals surface area contributed by atoms with Crippen LogP contribution >= 0.6 is 0 Å². The van der Waals surface area contributed by atoms with Crippen molar-refractivity contribution in [1.29, 1.82) is 0 Å². The van der Waals surface area contributed by atoms with E-state index >= 15 is 0 Å². The van der Waals surface area contributed by atoms with E-state index in [-0.39, 0.29) is 11.6 Å². The van der Waals surface area contributed by atoms with Gasteiger partial charge in [0.1, 0.15) is 5.82 Å². The summed E-state index contributed by atoms with van der Waals surface area (Å²) in [7, 11) is 0. The maximum atomic E-state index is 11.7. The molecule has 5 heteroatoms. The van der Waals surface area contributed by atoms with Gasteiger partial charge in [-0.1, -0.05) is 0 Å². The lowest BCUT2D eigenvalue weighted by molar-refractivity contribution is 0.0279. The highest BCUT2D eigenvalue weighted by molar-refractivity contribution is 5.19. The second kappa shape index (κ2) is 5.04. The van der Waals surface area contributed by atoms with Gasteiger partial charge in [-0.25, -0.2) is 4.98 Å². The summed E-state index contributed by atoms with van der Waals surface area (Å²) in [6, 6.07) is -0.165. The van der Waals surface area contributed by atoms with Crippen LogP contribution in [0.4, 0.5) is 0 Å². The van der Waals surface area contributed by atoms with Crippen LogP contribution in [0.1, 0.15) is 37.0 Å². The van der Waals surface area contributed by atoms with Crippen molar-refractivity contribution in [2.75, 3.05) is 6.61 Å². The molecular formula is C10H17N3O2. The third kappa shape index (κ3) is 2.87. The van der Waals surface area contributed by atoms with Gasteiger partial charge in [-0.15, -0.1) is 0 Å². The Hall–Kier alpha value is -1.20. The second-order valence-electron chi connectivity index (χ2n) is 3.42. The van der Waals surface area contributed by atoms with E-state index in [1.165, 1.54) is 0 Å². The number of nitrogens with zero attached hydrogens (tertiary/aromatic N) is 1. The van der Waals surface area contributed by atoms with Gasteiger partial charge in [-0.3, -0.25) is 4.79 Å². The van der Waals surface area contributed by atoms with Crippen molar-refractivity contribution in [1.82, 2.24) is 15.4 Å². The minimum atomic E-state index is -0.165. The Bertz CT molecular complexity index is 387. The van der Waals surface area contributed by atoms with Gasteiger partial charge in [0, 0.05) is 5.69 Å². The van der Waals surface area contributed by atoms with Crippen LogP contribution in [0, 0.1) is 13.8 Å². The van der Waals surface area contributed by atoms with Gasteiger partial charge in [0.05, 0.1) is 18.2 Å². The molecule has 1 rings (SSSR count). The van der Waals surface area contributed by atoms with E-state index in [1.54, 1.807) is 6.92 Å². The fraction of sp³-hybridized carbons (Fsp3) is 0.600. The summed E-state index contributed by atoms with van der Waals surface area (Å²) in [5, 5.41) is 0. The van der Waals surface area contributed by atoms with E-state index in [1.807, 2.05) is 20.8 Å². The molecule has 0 aromatic carbocycles. The fourth-order valence-electron chi connectivity index (χ4n) is 1.51. The number of rotatable bonds is 4. The Morgan fingerprint density at radius 3 is 2.73 bits per heavy atom.